The van der Waals surface area contributed by atoms with E-state index in [1.165, 1.54) is 5.56 Å². The summed E-state index contributed by atoms with van der Waals surface area (Å²) < 4.78 is 5.78. The second-order valence-electron chi connectivity index (χ2n) is 4.52. The molecule has 2 atom stereocenters. The van der Waals surface area contributed by atoms with Gasteiger partial charge < -0.3 is 9.84 Å². The molecule has 0 spiro atoms. The quantitative estimate of drug-likeness (QED) is 0.866. The summed E-state index contributed by atoms with van der Waals surface area (Å²) in [5, 5.41) is 17.8. The first-order valence-electron chi connectivity index (χ1n) is 6.08. The van der Waals surface area contributed by atoms with Gasteiger partial charge >= 0.3 is 0 Å². The normalized spacial score (nSPS) is 23.5. The lowest BCUT2D eigenvalue weighted by Gasteiger charge is -2.11. The second-order valence-corrected chi connectivity index (χ2v) is 4.52. The maximum atomic E-state index is 9.17. The lowest BCUT2D eigenvalue weighted by Crippen LogP contribution is -2.11. The third-order valence-corrected chi connectivity index (χ3v) is 3.21. The van der Waals surface area contributed by atoms with Crippen molar-refractivity contribution in [3.8, 4) is 11.8 Å². The van der Waals surface area contributed by atoms with E-state index in [1.54, 1.807) is 12.1 Å². The highest BCUT2D eigenvalue weighted by Gasteiger charge is 2.24. The van der Waals surface area contributed by atoms with Crippen LogP contribution in [0.1, 0.15) is 31.2 Å². The minimum Gasteiger partial charge on any atom is -0.508 e. The number of hydrogen-bond donors (Lipinski definition) is 1. The van der Waals surface area contributed by atoms with Crippen molar-refractivity contribution in [3.63, 3.8) is 0 Å². The third kappa shape index (κ3) is 3.47. The van der Waals surface area contributed by atoms with Crippen molar-refractivity contribution in [2.45, 2.75) is 44.3 Å². The molecule has 1 aromatic rings. The van der Waals surface area contributed by atoms with Crippen molar-refractivity contribution in [1.82, 2.24) is 0 Å². The Morgan fingerprint density at radius 1 is 1.24 bits per heavy atom. The standard InChI is InChI=1S/C14H17NO2/c15-10-9-14-8-7-13(17-14)6-3-11-1-4-12(16)5-2-11/h1-2,4-5,13-14,16H,3,6-9H2. The lowest BCUT2D eigenvalue weighted by atomic mass is 10.0. The summed E-state index contributed by atoms with van der Waals surface area (Å²) in [6, 6.07) is 9.46. The molecule has 2 rings (SSSR count). The van der Waals surface area contributed by atoms with Crippen LogP contribution < -0.4 is 0 Å². The van der Waals surface area contributed by atoms with E-state index in [0.29, 0.717) is 18.3 Å². The van der Waals surface area contributed by atoms with Crippen LogP contribution in [0.5, 0.6) is 5.75 Å². The van der Waals surface area contributed by atoms with Crippen molar-refractivity contribution in [3.05, 3.63) is 29.8 Å². The van der Waals surface area contributed by atoms with Crippen molar-refractivity contribution >= 4 is 0 Å². The summed E-state index contributed by atoms with van der Waals surface area (Å²) in [6.45, 7) is 0. The number of benzene rings is 1. The third-order valence-electron chi connectivity index (χ3n) is 3.21. The first kappa shape index (κ1) is 11.9. The Balaban J connectivity index is 1.76. The van der Waals surface area contributed by atoms with Gasteiger partial charge in [0, 0.05) is 0 Å². The Morgan fingerprint density at radius 3 is 2.65 bits per heavy atom. The van der Waals surface area contributed by atoms with Gasteiger partial charge in [-0.25, -0.2) is 0 Å². The van der Waals surface area contributed by atoms with Crippen molar-refractivity contribution in [2.24, 2.45) is 0 Å². The number of hydrogen-bond acceptors (Lipinski definition) is 3. The molecule has 0 saturated carbocycles. The monoisotopic (exact) mass is 231 g/mol. The highest BCUT2D eigenvalue weighted by atomic mass is 16.5. The fourth-order valence-corrected chi connectivity index (χ4v) is 2.23. The van der Waals surface area contributed by atoms with Crippen molar-refractivity contribution in [2.75, 3.05) is 0 Å². The summed E-state index contributed by atoms with van der Waals surface area (Å²) in [7, 11) is 0. The average Bonchev–Trinajstić information content (AvgIpc) is 2.77. The maximum absolute atomic E-state index is 9.17. The number of phenols is 1. The molecule has 2 unspecified atom stereocenters. The number of aryl methyl sites for hydroxylation is 1. The van der Waals surface area contributed by atoms with Gasteiger partial charge in [0.05, 0.1) is 24.7 Å². The van der Waals surface area contributed by atoms with Crippen molar-refractivity contribution < 1.29 is 9.84 Å². The number of nitrogens with zero attached hydrogens (tertiary/aromatic N) is 1. The van der Waals surface area contributed by atoms with Crippen LogP contribution in [0, 0.1) is 11.3 Å². The summed E-state index contributed by atoms with van der Waals surface area (Å²) >= 11 is 0. The van der Waals surface area contributed by atoms with Crippen LogP contribution in [0.2, 0.25) is 0 Å². The van der Waals surface area contributed by atoms with Crippen LogP contribution in [0.3, 0.4) is 0 Å². The second kappa shape index (κ2) is 5.70. The van der Waals surface area contributed by atoms with Crippen LogP contribution in [-0.4, -0.2) is 17.3 Å². The lowest BCUT2D eigenvalue weighted by molar-refractivity contribution is 0.0436. The van der Waals surface area contributed by atoms with Crippen molar-refractivity contribution in [1.29, 1.82) is 5.26 Å². The summed E-state index contributed by atoms with van der Waals surface area (Å²) in [6.07, 6.45) is 4.97. The van der Waals surface area contributed by atoms with E-state index in [1.807, 2.05) is 12.1 Å². The molecule has 1 aliphatic rings. The van der Waals surface area contributed by atoms with E-state index < -0.39 is 0 Å². The van der Waals surface area contributed by atoms with Gasteiger partial charge in [0.15, 0.2) is 0 Å². The summed E-state index contributed by atoms with van der Waals surface area (Å²) in [4.78, 5) is 0. The Bertz CT molecular complexity index is 394. The van der Waals surface area contributed by atoms with Crippen LogP contribution in [0.15, 0.2) is 24.3 Å². The number of rotatable bonds is 4. The van der Waals surface area contributed by atoms with Gasteiger partial charge in [-0.15, -0.1) is 0 Å². The molecule has 1 aromatic carbocycles. The van der Waals surface area contributed by atoms with Crippen LogP contribution >= 0.6 is 0 Å². The van der Waals surface area contributed by atoms with E-state index in [2.05, 4.69) is 6.07 Å². The largest absolute Gasteiger partial charge is 0.508 e. The molecule has 3 heteroatoms. The average molecular weight is 231 g/mol. The smallest absolute Gasteiger partial charge is 0.115 e. The first-order chi connectivity index (χ1) is 8.28. The van der Waals surface area contributed by atoms with E-state index in [-0.39, 0.29) is 6.10 Å². The zero-order valence-corrected chi connectivity index (χ0v) is 9.80. The SMILES string of the molecule is N#CCC1CCC(CCc2ccc(O)cc2)O1. The van der Waals surface area contributed by atoms with Crippen LogP contribution in [0.25, 0.3) is 0 Å². The molecule has 0 amide bonds. The molecular formula is C14H17NO2. The molecule has 0 aromatic heterocycles. The van der Waals surface area contributed by atoms with Crippen LogP contribution in [-0.2, 0) is 11.2 Å². The molecule has 0 bridgehead atoms. The topological polar surface area (TPSA) is 53.2 Å². The Kier molecular flexibility index (Phi) is 4.00. The van der Waals surface area contributed by atoms with E-state index in [4.69, 9.17) is 10.00 Å². The van der Waals surface area contributed by atoms with Gasteiger partial charge in [-0.1, -0.05) is 12.1 Å². The highest BCUT2D eigenvalue weighted by molar-refractivity contribution is 5.25. The molecular weight excluding hydrogens is 214 g/mol. The fraction of sp³-hybridized carbons (Fsp3) is 0.500. The van der Waals surface area contributed by atoms with Gasteiger partial charge in [0.25, 0.3) is 0 Å². The van der Waals surface area contributed by atoms with Gasteiger partial charge in [-0.05, 0) is 43.4 Å². The summed E-state index contributed by atoms with van der Waals surface area (Å²) in [5.74, 6) is 0.306. The number of phenolic OH excluding ortho intramolecular Hbond substituents is 1. The highest BCUT2D eigenvalue weighted by Crippen LogP contribution is 2.25. The molecule has 0 radical (unpaired) electrons. The molecule has 1 fully saturated rings. The fourth-order valence-electron chi connectivity index (χ4n) is 2.23. The molecule has 3 nitrogen and oxygen atoms in total. The predicted octanol–water partition coefficient (Wildman–Crippen LogP) is 2.79. The molecule has 1 heterocycles. The predicted molar refractivity (Wildman–Crippen MR) is 64.6 cm³/mol. The van der Waals surface area contributed by atoms with Gasteiger partial charge in [-0.2, -0.15) is 5.26 Å². The first-order valence-corrected chi connectivity index (χ1v) is 6.08. The minimum absolute atomic E-state index is 0.143. The Morgan fingerprint density at radius 2 is 1.94 bits per heavy atom. The summed E-state index contributed by atoms with van der Waals surface area (Å²) in [5.41, 5.74) is 1.22. The zero-order chi connectivity index (χ0) is 12.1. The molecule has 1 N–H and O–H groups in total. The molecule has 17 heavy (non-hydrogen) atoms. The number of nitriles is 1. The van der Waals surface area contributed by atoms with E-state index >= 15 is 0 Å². The van der Waals surface area contributed by atoms with E-state index in [0.717, 1.165) is 25.7 Å². The molecule has 1 aliphatic heterocycles. The molecule has 0 aliphatic carbocycles. The molecule has 90 valence electrons. The number of aromatic hydroxyl groups is 1. The van der Waals surface area contributed by atoms with Gasteiger partial charge in [-0.3, -0.25) is 0 Å². The van der Waals surface area contributed by atoms with Crippen LogP contribution in [0.4, 0.5) is 0 Å². The zero-order valence-electron chi connectivity index (χ0n) is 9.80. The van der Waals surface area contributed by atoms with Gasteiger partial charge in [0.1, 0.15) is 5.75 Å². The Labute approximate surface area is 102 Å². The van der Waals surface area contributed by atoms with Gasteiger partial charge in [0.2, 0.25) is 0 Å². The Hall–Kier alpha value is -1.53. The number of ether oxygens (including phenoxy) is 1. The maximum Gasteiger partial charge on any atom is 0.115 e. The minimum atomic E-state index is 0.143. The van der Waals surface area contributed by atoms with E-state index in [9.17, 15) is 5.11 Å². The molecule has 1 saturated heterocycles.